The molecule has 116 valence electrons. The van der Waals surface area contributed by atoms with Crippen LogP contribution in [0.1, 0.15) is 5.69 Å². The molecule has 0 saturated carbocycles. The summed E-state index contributed by atoms with van der Waals surface area (Å²) in [6, 6.07) is 18.4. The first-order chi connectivity index (χ1) is 11.2. The van der Waals surface area contributed by atoms with E-state index in [2.05, 4.69) is 10.3 Å². The average molecular weight is 324 g/mol. The van der Waals surface area contributed by atoms with Crippen molar-refractivity contribution in [1.29, 1.82) is 0 Å². The maximum absolute atomic E-state index is 12.0. The van der Waals surface area contributed by atoms with E-state index in [1.54, 1.807) is 12.1 Å². The van der Waals surface area contributed by atoms with E-state index in [-0.39, 0.29) is 11.3 Å². The standard InChI is InChI=1S/C18H16N2O2S/c21-17-10-14(19-16-9-5-4-8-15(16)17)11-23-12-18(22)20-13-6-2-1-3-7-13/h1-10H,11-12H2,(H,19,21)(H,20,22). The predicted molar refractivity (Wildman–Crippen MR) is 95.8 cm³/mol. The number of rotatable bonds is 5. The second kappa shape index (κ2) is 7.15. The summed E-state index contributed by atoms with van der Waals surface area (Å²) in [7, 11) is 0. The lowest BCUT2D eigenvalue weighted by Gasteiger charge is -2.06. The largest absolute Gasteiger partial charge is 0.357 e. The number of fused-ring (bicyclic) bond motifs is 1. The van der Waals surface area contributed by atoms with Crippen LogP contribution >= 0.6 is 11.8 Å². The molecule has 23 heavy (non-hydrogen) atoms. The van der Waals surface area contributed by atoms with Gasteiger partial charge >= 0.3 is 0 Å². The van der Waals surface area contributed by atoms with Crippen molar-refractivity contribution in [2.24, 2.45) is 0 Å². The molecule has 0 unspecified atom stereocenters. The Labute approximate surface area is 137 Å². The van der Waals surface area contributed by atoms with E-state index in [0.29, 0.717) is 16.9 Å². The highest BCUT2D eigenvalue weighted by molar-refractivity contribution is 7.99. The zero-order valence-electron chi connectivity index (χ0n) is 12.4. The molecular weight excluding hydrogens is 308 g/mol. The number of hydrogen-bond donors (Lipinski definition) is 2. The van der Waals surface area contributed by atoms with Crippen LogP contribution in [-0.4, -0.2) is 16.6 Å². The second-order valence-corrected chi connectivity index (χ2v) is 6.10. The minimum Gasteiger partial charge on any atom is -0.357 e. The lowest BCUT2D eigenvalue weighted by atomic mass is 10.2. The van der Waals surface area contributed by atoms with Crippen LogP contribution in [0.5, 0.6) is 0 Å². The number of pyridine rings is 1. The highest BCUT2D eigenvalue weighted by atomic mass is 32.2. The van der Waals surface area contributed by atoms with E-state index >= 15 is 0 Å². The Morgan fingerprint density at radius 3 is 2.61 bits per heavy atom. The Hall–Kier alpha value is -2.53. The molecule has 2 aromatic carbocycles. The van der Waals surface area contributed by atoms with Crippen molar-refractivity contribution in [2.45, 2.75) is 5.75 Å². The summed E-state index contributed by atoms with van der Waals surface area (Å²) in [6.07, 6.45) is 0. The highest BCUT2D eigenvalue weighted by Crippen LogP contribution is 2.13. The number of carbonyl (C=O) groups excluding carboxylic acids is 1. The van der Waals surface area contributed by atoms with Crippen LogP contribution in [0.15, 0.2) is 65.5 Å². The molecule has 1 aromatic heterocycles. The third kappa shape index (κ3) is 4.02. The molecule has 0 fully saturated rings. The van der Waals surface area contributed by atoms with Gasteiger partial charge in [-0.15, -0.1) is 11.8 Å². The Kier molecular flexibility index (Phi) is 4.78. The minimum atomic E-state index is -0.0515. The monoisotopic (exact) mass is 324 g/mol. The molecule has 4 nitrogen and oxygen atoms in total. The third-order valence-corrected chi connectivity index (χ3v) is 4.32. The molecular formula is C18H16N2O2S. The van der Waals surface area contributed by atoms with Crippen LogP contribution in [0.25, 0.3) is 10.9 Å². The molecule has 0 aliphatic carbocycles. The Morgan fingerprint density at radius 1 is 1.04 bits per heavy atom. The molecule has 0 radical (unpaired) electrons. The number of H-pyrrole nitrogens is 1. The fourth-order valence-electron chi connectivity index (χ4n) is 2.30. The number of thioether (sulfide) groups is 1. The quantitative estimate of drug-likeness (QED) is 0.756. The smallest absolute Gasteiger partial charge is 0.234 e. The van der Waals surface area contributed by atoms with Gasteiger partial charge in [-0.25, -0.2) is 0 Å². The summed E-state index contributed by atoms with van der Waals surface area (Å²) in [5.41, 5.74) is 2.44. The summed E-state index contributed by atoms with van der Waals surface area (Å²) in [5, 5.41) is 3.52. The van der Waals surface area contributed by atoms with Gasteiger partial charge in [-0.2, -0.15) is 0 Å². The van der Waals surface area contributed by atoms with Crippen molar-refractivity contribution < 1.29 is 4.79 Å². The number of amides is 1. The van der Waals surface area contributed by atoms with E-state index in [0.717, 1.165) is 16.9 Å². The second-order valence-electron chi connectivity index (χ2n) is 5.11. The summed E-state index contributed by atoms with van der Waals surface area (Å²) in [6.45, 7) is 0. The molecule has 0 saturated heterocycles. The topological polar surface area (TPSA) is 62.0 Å². The number of aromatic amines is 1. The van der Waals surface area contributed by atoms with Gasteiger partial charge in [-0.3, -0.25) is 9.59 Å². The number of hydrogen-bond acceptors (Lipinski definition) is 3. The van der Waals surface area contributed by atoms with Crippen LogP contribution in [0.3, 0.4) is 0 Å². The molecule has 1 heterocycles. The van der Waals surface area contributed by atoms with Crippen LogP contribution in [0, 0.1) is 0 Å². The van der Waals surface area contributed by atoms with Crippen LogP contribution in [0.2, 0.25) is 0 Å². The van der Waals surface area contributed by atoms with Gasteiger partial charge in [0.2, 0.25) is 5.91 Å². The Balaban J connectivity index is 1.58. The highest BCUT2D eigenvalue weighted by Gasteiger charge is 2.05. The number of carbonyl (C=O) groups is 1. The van der Waals surface area contributed by atoms with Gasteiger partial charge in [0.25, 0.3) is 0 Å². The van der Waals surface area contributed by atoms with Gasteiger partial charge in [0.15, 0.2) is 5.43 Å². The van der Waals surface area contributed by atoms with E-state index in [1.807, 2.05) is 48.5 Å². The zero-order valence-corrected chi connectivity index (χ0v) is 13.2. The molecule has 0 aliphatic heterocycles. The molecule has 3 aromatic rings. The van der Waals surface area contributed by atoms with Crippen molar-refractivity contribution in [1.82, 2.24) is 4.98 Å². The number of anilines is 1. The number of para-hydroxylation sites is 2. The van der Waals surface area contributed by atoms with Crippen molar-refractivity contribution in [2.75, 3.05) is 11.1 Å². The number of nitrogens with one attached hydrogen (secondary N) is 2. The third-order valence-electron chi connectivity index (χ3n) is 3.34. The van der Waals surface area contributed by atoms with Crippen molar-refractivity contribution in [3.8, 4) is 0 Å². The summed E-state index contributed by atoms with van der Waals surface area (Å²) < 4.78 is 0. The summed E-state index contributed by atoms with van der Waals surface area (Å²) >= 11 is 1.47. The van der Waals surface area contributed by atoms with Gasteiger partial charge in [-0.1, -0.05) is 30.3 Å². The Bertz CT molecular complexity index is 875. The molecule has 2 N–H and O–H groups in total. The first kappa shape index (κ1) is 15.4. The molecule has 3 rings (SSSR count). The maximum Gasteiger partial charge on any atom is 0.234 e. The fourth-order valence-corrected chi connectivity index (χ4v) is 3.04. The lowest BCUT2D eigenvalue weighted by Crippen LogP contribution is -2.14. The summed E-state index contributed by atoms with van der Waals surface area (Å²) in [4.78, 5) is 27.1. The van der Waals surface area contributed by atoms with Crippen LogP contribution in [-0.2, 0) is 10.5 Å². The Morgan fingerprint density at radius 2 is 1.78 bits per heavy atom. The normalized spacial score (nSPS) is 10.6. The van der Waals surface area contributed by atoms with E-state index in [4.69, 9.17) is 0 Å². The minimum absolute atomic E-state index is 0.00341. The van der Waals surface area contributed by atoms with Gasteiger partial charge in [0.1, 0.15) is 0 Å². The van der Waals surface area contributed by atoms with Crippen molar-refractivity contribution in [3.05, 3.63) is 76.6 Å². The predicted octanol–water partition coefficient (Wildman–Crippen LogP) is 3.40. The van der Waals surface area contributed by atoms with Gasteiger partial charge in [0, 0.05) is 34.1 Å². The van der Waals surface area contributed by atoms with Gasteiger partial charge in [0.05, 0.1) is 5.75 Å². The molecule has 5 heteroatoms. The van der Waals surface area contributed by atoms with Gasteiger partial charge in [-0.05, 0) is 24.3 Å². The van der Waals surface area contributed by atoms with E-state index in [9.17, 15) is 9.59 Å². The molecule has 0 bridgehead atoms. The average Bonchev–Trinajstić information content (AvgIpc) is 2.56. The molecule has 1 amide bonds. The van der Waals surface area contributed by atoms with Crippen LogP contribution < -0.4 is 10.7 Å². The molecule has 0 spiro atoms. The maximum atomic E-state index is 12.0. The first-order valence-electron chi connectivity index (χ1n) is 7.26. The van der Waals surface area contributed by atoms with E-state index < -0.39 is 0 Å². The van der Waals surface area contributed by atoms with Crippen molar-refractivity contribution in [3.63, 3.8) is 0 Å². The lowest BCUT2D eigenvalue weighted by molar-refractivity contribution is -0.113. The van der Waals surface area contributed by atoms with E-state index in [1.165, 1.54) is 11.8 Å². The summed E-state index contributed by atoms with van der Waals surface area (Å²) in [5.74, 6) is 0.871. The van der Waals surface area contributed by atoms with Crippen molar-refractivity contribution >= 4 is 34.3 Å². The molecule has 0 aliphatic rings. The fraction of sp³-hybridized carbons (Fsp3) is 0.111. The van der Waals surface area contributed by atoms with Crippen LogP contribution in [0.4, 0.5) is 5.69 Å². The zero-order chi connectivity index (χ0) is 16.1. The number of benzene rings is 2. The first-order valence-corrected chi connectivity index (χ1v) is 8.41. The molecule has 0 atom stereocenters. The SMILES string of the molecule is O=C(CSCc1cc(=O)c2ccccc2[nH]1)Nc1ccccc1. The number of aromatic nitrogens is 1. The van der Waals surface area contributed by atoms with Gasteiger partial charge < -0.3 is 10.3 Å².